The first-order chi connectivity index (χ1) is 7.27. The average Bonchev–Trinajstić information content (AvgIpc) is 2.18. The molecule has 0 aromatic heterocycles. The zero-order chi connectivity index (χ0) is 12.4. The van der Waals surface area contributed by atoms with Crippen LogP contribution in [0, 0.1) is 5.41 Å². The van der Waals surface area contributed by atoms with Gasteiger partial charge in [0, 0.05) is 24.8 Å². The van der Waals surface area contributed by atoms with Crippen LogP contribution in [0.25, 0.3) is 0 Å². The zero-order valence-electron chi connectivity index (χ0n) is 10.7. The van der Waals surface area contributed by atoms with Crippen molar-refractivity contribution in [3.63, 3.8) is 0 Å². The summed E-state index contributed by atoms with van der Waals surface area (Å²) in [5, 5.41) is 12.7. The van der Waals surface area contributed by atoms with E-state index in [1.807, 2.05) is 13.8 Å². The fourth-order valence-electron chi connectivity index (χ4n) is 1.80. The number of ether oxygens (including phenoxy) is 1. The number of hydrogen-bond donors (Lipinski definition) is 2. The number of aliphatic carboxylic acids is 1. The number of carboxylic acid groups (broad SMARTS) is 1. The molecule has 0 aromatic carbocycles. The summed E-state index contributed by atoms with van der Waals surface area (Å²) in [5.74, 6) is -0.767. The Hall–Kier alpha value is -0.610. The van der Waals surface area contributed by atoms with E-state index in [0.717, 1.165) is 26.1 Å². The summed E-state index contributed by atoms with van der Waals surface area (Å²) in [6.45, 7) is 8.97. The lowest BCUT2D eigenvalue weighted by atomic mass is 9.74. The topological polar surface area (TPSA) is 58.6 Å². The lowest BCUT2D eigenvalue weighted by Gasteiger charge is -2.42. The van der Waals surface area contributed by atoms with Crippen LogP contribution in [0.15, 0.2) is 0 Å². The molecular weight excluding hydrogens is 206 g/mol. The number of hydrogen-bond acceptors (Lipinski definition) is 3. The van der Waals surface area contributed by atoms with E-state index in [0.29, 0.717) is 6.04 Å². The minimum absolute atomic E-state index is 0.363. The van der Waals surface area contributed by atoms with Crippen molar-refractivity contribution in [1.29, 1.82) is 0 Å². The standard InChI is InChI=1S/C12H23NO3/c1-11(2,10(14)15)12(3,4)13-9-5-7-16-8-6-9/h9,13H,5-8H2,1-4H3,(H,14,15). The monoisotopic (exact) mass is 229 g/mol. The normalized spacial score (nSPS) is 19.8. The van der Waals surface area contributed by atoms with Gasteiger partial charge in [0.25, 0.3) is 0 Å². The highest BCUT2D eigenvalue weighted by Crippen LogP contribution is 2.31. The van der Waals surface area contributed by atoms with E-state index in [4.69, 9.17) is 4.74 Å². The average molecular weight is 229 g/mol. The van der Waals surface area contributed by atoms with Gasteiger partial charge in [-0.1, -0.05) is 0 Å². The molecule has 4 heteroatoms. The van der Waals surface area contributed by atoms with E-state index in [1.54, 1.807) is 13.8 Å². The molecule has 94 valence electrons. The van der Waals surface area contributed by atoms with Crippen LogP contribution in [0.2, 0.25) is 0 Å². The van der Waals surface area contributed by atoms with Crippen molar-refractivity contribution in [2.75, 3.05) is 13.2 Å². The molecule has 0 aromatic rings. The highest BCUT2D eigenvalue weighted by atomic mass is 16.5. The Labute approximate surface area is 97.4 Å². The molecule has 0 atom stereocenters. The number of carbonyl (C=O) groups is 1. The Morgan fingerprint density at radius 3 is 2.19 bits per heavy atom. The number of nitrogens with one attached hydrogen (secondary N) is 1. The third-order valence-electron chi connectivity index (χ3n) is 3.88. The molecule has 1 aliphatic rings. The second-order valence-corrected chi connectivity index (χ2v) is 5.59. The van der Waals surface area contributed by atoms with Gasteiger partial charge in [0.2, 0.25) is 0 Å². The molecule has 0 unspecified atom stereocenters. The smallest absolute Gasteiger partial charge is 0.310 e. The first kappa shape index (κ1) is 13.5. The Bertz CT molecular complexity index is 255. The van der Waals surface area contributed by atoms with E-state index in [-0.39, 0.29) is 0 Å². The lowest BCUT2D eigenvalue weighted by Crippen LogP contribution is -2.58. The van der Waals surface area contributed by atoms with Crippen molar-refractivity contribution in [3.8, 4) is 0 Å². The van der Waals surface area contributed by atoms with E-state index in [2.05, 4.69) is 5.32 Å². The summed E-state index contributed by atoms with van der Waals surface area (Å²) in [7, 11) is 0. The second kappa shape index (κ2) is 4.72. The maximum absolute atomic E-state index is 11.2. The predicted octanol–water partition coefficient (Wildman–Crippen LogP) is 1.64. The van der Waals surface area contributed by atoms with Crippen LogP contribution < -0.4 is 5.32 Å². The predicted molar refractivity (Wildman–Crippen MR) is 62.5 cm³/mol. The van der Waals surface area contributed by atoms with Crippen molar-refractivity contribution in [3.05, 3.63) is 0 Å². The maximum atomic E-state index is 11.2. The van der Waals surface area contributed by atoms with Gasteiger partial charge in [-0.3, -0.25) is 4.79 Å². The molecule has 1 rings (SSSR count). The molecule has 0 bridgehead atoms. The minimum Gasteiger partial charge on any atom is -0.481 e. The largest absolute Gasteiger partial charge is 0.481 e. The van der Waals surface area contributed by atoms with Gasteiger partial charge >= 0.3 is 5.97 Å². The fraction of sp³-hybridized carbons (Fsp3) is 0.917. The van der Waals surface area contributed by atoms with Gasteiger partial charge in [0.15, 0.2) is 0 Å². The fourth-order valence-corrected chi connectivity index (χ4v) is 1.80. The van der Waals surface area contributed by atoms with Crippen molar-refractivity contribution in [1.82, 2.24) is 5.32 Å². The van der Waals surface area contributed by atoms with Gasteiger partial charge in [-0.2, -0.15) is 0 Å². The number of rotatable bonds is 4. The molecule has 16 heavy (non-hydrogen) atoms. The van der Waals surface area contributed by atoms with Gasteiger partial charge in [-0.25, -0.2) is 0 Å². The molecule has 1 saturated heterocycles. The van der Waals surface area contributed by atoms with Gasteiger partial charge in [-0.15, -0.1) is 0 Å². The highest BCUT2D eigenvalue weighted by molar-refractivity contribution is 5.75. The molecule has 0 aliphatic carbocycles. The molecule has 0 saturated carbocycles. The quantitative estimate of drug-likeness (QED) is 0.769. The first-order valence-electron chi connectivity index (χ1n) is 5.86. The van der Waals surface area contributed by atoms with Crippen LogP contribution in [0.3, 0.4) is 0 Å². The SMILES string of the molecule is CC(C)(NC1CCOCC1)C(C)(C)C(=O)O. The zero-order valence-corrected chi connectivity index (χ0v) is 10.7. The maximum Gasteiger partial charge on any atom is 0.310 e. The first-order valence-corrected chi connectivity index (χ1v) is 5.86. The summed E-state index contributed by atoms with van der Waals surface area (Å²) in [6, 6.07) is 0.363. The molecule has 0 radical (unpaired) electrons. The molecular formula is C12H23NO3. The summed E-state index contributed by atoms with van der Waals surface area (Å²) >= 11 is 0. The molecule has 1 aliphatic heterocycles. The highest BCUT2D eigenvalue weighted by Gasteiger charge is 2.44. The van der Waals surface area contributed by atoms with E-state index < -0.39 is 16.9 Å². The molecule has 4 nitrogen and oxygen atoms in total. The van der Waals surface area contributed by atoms with Gasteiger partial charge < -0.3 is 15.2 Å². The van der Waals surface area contributed by atoms with Crippen LogP contribution in [0.4, 0.5) is 0 Å². The Morgan fingerprint density at radius 2 is 1.75 bits per heavy atom. The second-order valence-electron chi connectivity index (χ2n) is 5.59. The minimum atomic E-state index is -0.786. The Balaban J connectivity index is 2.65. The van der Waals surface area contributed by atoms with E-state index in [9.17, 15) is 9.90 Å². The summed E-state index contributed by atoms with van der Waals surface area (Å²) in [5.41, 5.74) is -1.22. The van der Waals surface area contributed by atoms with Crippen LogP contribution >= 0.6 is 0 Å². The lowest BCUT2D eigenvalue weighted by molar-refractivity contribution is -0.151. The third kappa shape index (κ3) is 2.74. The van der Waals surface area contributed by atoms with Crippen LogP contribution in [0.1, 0.15) is 40.5 Å². The molecule has 0 spiro atoms. The van der Waals surface area contributed by atoms with Crippen molar-refractivity contribution in [2.24, 2.45) is 5.41 Å². The molecule has 0 amide bonds. The third-order valence-corrected chi connectivity index (χ3v) is 3.88. The van der Waals surface area contributed by atoms with Crippen LogP contribution in [-0.4, -0.2) is 35.9 Å². The van der Waals surface area contributed by atoms with Crippen molar-refractivity contribution < 1.29 is 14.6 Å². The van der Waals surface area contributed by atoms with Gasteiger partial charge in [-0.05, 0) is 40.5 Å². The van der Waals surface area contributed by atoms with Crippen molar-refractivity contribution in [2.45, 2.75) is 52.1 Å². The van der Waals surface area contributed by atoms with E-state index >= 15 is 0 Å². The van der Waals surface area contributed by atoms with Crippen LogP contribution in [-0.2, 0) is 9.53 Å². The summed E-state index contributed by atoms with van der Waals surface area (Å²) < 4.78 is 5.29. The number of carboxylic acids is 1. The molecule has 2 N–H and O–H groups in total. The Kier molecular flexibility index (Phi) is 3.97. The van der Waals surface area contributed by atoms with E-state index in [1.165, 1.54) is 0 Å². The summed E-state index contributed by atoms with van der Waals surface area (Å²) in [4.78, 5) is 11.2. The Morgan fingerprint density at radius 1 is 1.25 bits per heavy atom. The van der Waals surface area contributed by atoms with Gasteiger partial charge in [0.1, 0.15) is 0 Å². The van der Waals surface area contributed by atoms with Crippen molar-refractivity contribution >= 4 is 5.97 Å². The van der Waals surface area contributed by atoms with Crippen LogP contribution in [0.5, 0.6) is 0 Å². The summed E-state index contributed by atoms with van der Waals surface area (Å²) in [6.07, 6.45) is 1.91. The van der Waals surface area contributed by atoms with Gasteiger partial charge in [0.05, 0.1) is 5.41 Å². The molecule has 1 fully saturated rings. The molecule has 1 heterocycles.